The van der Waals surface area contributed by atoms with Crippen LogP contribution in [0.5, 0.6) is 0 Å². The number of rotatable bonds is 4. The standard InChI is InChI=1S/C40H26N8O2S2/c1-39(2)25-11-7-5-9-21(25)23-15-13-19(17-27(23)39)35-41-43-37(49-35)29-31-33(47-51-45-31)30(34-32(29)46-52-48-34)38-44-42-36(50-38)20-14-16-24-22-10-6-8-12-26(22)40(3,4)28(24)18-20/h5-18H,1-4H3. The van der Waals surface area contributed by atoms with Crippen LogP contribution in [0.15, 0.2) is 102 Å². The summed E-state index contributed by atoms with van der Waals surface area (Å²) in [6.07, 6.45) is 0. The molecule has 4 heterocycles. The van der Waals surface area contributed by atoms with Crippen molar-refractivity contribution in [2.45, 2.75) is 38.5 Å². The van der Waals surface area contributed by atoms with Crippen LogP contribution in [0.1, 0.15) is 49.9 Å². The molecule has 12 heteroatoms. The summed E-state index contributed by atoms with van der Waals surface area (Å²) >= 11 is 2.15. The topological polar surface area (TPSA) is 128 Å². The minimum absolute atomic E-state index is 0.158. The molecule has 10 nitrogen and oxygen atoms in total. The number of fused-ring (bicyclic) bond motifs is 8. The Labute approximate surface area is 304 Å². The van der Waals surface area contributed by atoms with Gasteiger partial charge in [-0.3, -0.25) is 0 Å². The average molecular weight is 715 g/mol. The van der Waals surface area contributed by atoms with Gasteiger partial charge in [-0.1, -0.05) is 88.4 Å². The number of nitrogens with zero attached hydrogens (tertiary/aromatic N) is 8. The van der Waals surface area contributed by atoms with Gasteiger partial charge in [-0.25, -0.2) is 0 Å². The highest BCUT2D eigenvalue weighted by Crippen LogP contribution is 2.53. The van der Waals surface area contributed by atoms with E-state index in [1.165, 1.54) is 44.5 Å². The Morgan fingerprint density at radius 1 is 0.481 bits per heavy atom. The van der Waals surface area contributed by atoms with Crippen LogP contribution in [0.25, 0.3) is 79.1 Å². The molecular formula is C40H26N8O2S2. The van der Waals surface area contributed by atoms with E-state index in [1.807, 2.05) is 12.1 Å². The summed E-state index contributed by atoms with van der Waals surface area (Å²) in [6.45, 7) is 8.99. The third-order valence-corrected chi connectivity index (χ3v) is 11.9. The maximum Gasteiger partial charge on any atom is 0.252 e. The van der Waals surface area contributed by atoms with E-state index in [2.05, 4.69) is 138 Å². The largest absolute Gasteiger partial charge is 0.416 e. The van der Waals surface area contributed by atoms with Gasteiger partial charge in [-0.05, 0) is 68.8 Å². The van der Waals surface area contributed by atoms with Crippen molar-refractivity contribution in [1.82, 2.24) is 29.1 Å². The van der Waals surface area contributed by atoms with Gasteiger partial charge in [-0.15, -0.1) is 20.4 Å². The van der Waals surface area contributed by atoms with E-state index >= 15 is 0 Å². The van der Waals surface area contributed by atoms with E-state index in [0.29, 0.717) is 45.3 Å². The lowest BCUT2D eigenvalue weighted by Crippen LogP contribution is -2.14. The molecule has 3 aromatic heterocycles. The van der Waals surface area contributed by atoms with Crippen LogP contribution in [0.4, 0.5) is 11.4 Å². The Balaban J connectivity index is 0.984. The van der Waals surface area contributed by atoms with Gasteiger partial charge in [-0.2, -0.15) is 17.5 Å². The van der Waals surface area contributed by atoms with E-state index < -0.39 is 0 Å². The molecule has 0 atom stereocenters. The zero-order chi connectivity index (χ0) is 34.9. The van der Waals surface area contributed by atoms with Crippen molar-refractivity contribution in [3.63, 3.8) is 0 Å². The van der Waals surface area contributed by atoms with Crippen LogP contribution in [0.3, 0.4) is 0 Å². The normalized spacial score (nSPS) is 15.3. The first-order chi connectivity index (χ1) is 25.3. The highest BCUT2D eigenvalue weighted by molar-refractivity contribution is 7.58. The lowest BCUT2D eigenvalue weighted by molar-refractivity contribution is 0.583. The van der Waals surface area contributed by atoms with Crippen molar-refractivity contribution in [3.05, 3.63) is 107 Å². The van der Waals surface area contributed by atoms with Gasteiger partial charge in [0.2, 0.25) is 11.8 Å². The minimum atomic E-state index is -0.158. The number of hydrogen-bond acceptors (Lipinski definition) is 11. The Morgan fingerprint density at radius 3 is 1.38 bits per heavy atom. The van der Waals surface area contributed by atoms with Crippen LogP contribution in [0, 0.1) is 0 Å². The van der Waals surface area contributed by atoms with E-state index in [4.69, 9.17) is 8.83 Å². The molecule has 3 aliphatic rings. The Bertz CT molecular complexity index is 2740. The molecule has 0 N–H and O–H groups in total. The van der Waals surface area contributed by atoms with Crippen molar-refractivity contribution in [1.29, 1.82) is 0 Å². The molecule has 8 aromatic rings. The summed E-state index contributed by atoms with van der Waals surface area (Å²) in [4.78, 5) is 0. The van der Waals surface area contributed by atoms with E-state index in [1.54, 1.807) is 0 Å². The molecule has 250 valence electrons. The fourth-order valence-corrected chi connectivity index (χ4v) is 9.34. The third kappa shape index (κ3) is 3.93. The second-order valence-corrected chi connectivity index (χ2v) is 15.4. The fourth-order valence-electron chi connectivity index (χ4n) is 8.22. The van der Waals surface area contributed by atoms with E-state index in [9.17, 15) is 0 Å². The fraction of sp³-hybridized carbons (Fsp3) is 0.150. The van der Waals surface area contributed by atoms with Gasteiger partial charge >= 0.3 is 0 Å². The molecule has 0 saturated heterocycles. The molecule has 0 saturated carbocycles. The molecular weight excluding hydrogens is 689 g/mol. The molecule has 0 spiro atoms. The predicted molar refractivity (Wildman–Crippen MR) is 202 cm³/mol. The van der Waals surface area contributed by atoms with Gasteiger partial charge in [0.15, 0.2) is 0 Å². The molecule has 0 unspecified atom stereocenters. The smallest absolute Gasteiger partial charge is 0.252 e. The summed E-state index contributed by atoms with van der Waals surface area (Å²) in [5.41, 5.74) is 14.7. The predicted octanol–water partition coefficient (Wildman–Crippen LogP) is 10.5. The minimum Gasteiger partial charge on any atom is -0.416 e. The zero-order valence-electron chi connectivity index (χ0n) is 28.3. The molecule has 52 heavy (non-hydrogen) atoms. The summed E-state index contributed by atoms with van der Waals surface area (Å²) in [6, 6.07) is 29.8. The monoisotopic (exact) mass is 714 g/mol. The van der Waals surface area contributed by atoms with E-state index in [0.717, 1.165) is 34.2 Å². The van der Waals surface area contributed by atoms with Crippen molar-refractivity contribution in [2.24, 2.45) is 8.73 Å². The molecule has 0 amide bonds. The van der Waals surface area contributed by atoms with Crippen LogP contribution in [0.2, 0.25) is 0 Å². The first kappa shape index (κ1) is 29.7. The average Bonchev–Trinajstić information content (AvgIpc) is 4.03. The number of hydrogen-bond donors (Lipinski definition) is 0. The first-order valence-electron chi connectivity index (χ1n) is 16.9. The Morgan fingerprint density at radius 2 is 0.904 bits per heavy atom. The lowest BCUT2D eigenvalue weighted by atomic mass is 9.82. The maximum atomic E-state index is 6.40. The van der Waals surface area contributed by atoms with Gasteiger partial charge in [0.1, 0.15) is 22.4 Å². The third-order valence-electron chi connectivity index (χ3n) is 10.9. The van der Waals surface area contributed by atoms with Crippen LogP contribution >= 0.6 is 11.7 Å². The van der Waals surface area contributed by atoms with Crippen LogP contribution in [-0.2, 0) is 22.2 Å². The number of aromatic nitrogens is 6. The van der Waals surface area contributed by atoms with Crippen molar-refractivity contribution in [2.75, 3.05) is 0 Å². The van der Waals surface area contributed by atoms with Crippen molar-refractivity contribution >= 4 is 45.5 Å². The second kappa shape index (κ2) is 10.3. The van der Waals surface area contributed by atoms with Gasteiger partial charge < -0.3 is 8.83 Å². The van der Waals surface area contributed by atoms with Crippen molar-refractivity contribution < 1.29 is 8.83 Å². The molecule has 5 aromatic carbocycles. The summed E-state index contributed by atoms with van der Waals surface area (Å²) in [7, 11) is 0. The SMILES string of the molecule is CC1(C)c2ccccc2-c2ccc(-c3nnc(-c4c5c(c(-c6nnc(-c7ccc8c(c7)C(C)(C)c7ccccc7-8)o6)c6nsnc46)N=S=N5)o3)cc21. The number of benzene rings is 5. The highest BCUT2D eigenvalue weighted by Gasteiger charge is 2.37. The summed E-state index contributed by atoms with van der Waals surface area (Å²) in [5, 5.41) is 18.0. The molecule has 11 rings (SSSR count). The second-order valence-electron chi connectivity index (χ2n) is 14.4. The first-order valence-corrected chi connectivity index (χ1v) is 18.3. The van der Waals surface area contributed by atoms with E-state index in [-0.39, 0.29) is 22.6 Å². The Hall–Kier alpha value is -5.98. The highest BCUT2D eigenvalue weighted by atomic mass is 32.1. The van der Waals surface area contributed by atoms with Crippen molar-refractivity contribution in [3.8, 4) is 68.1 Å². The van der Waals surface area contributed by atoms with Crippen LogP contribution < -0.4 is 0 Å². The zero-order valence-corrected chi connectivity index (χ0v) is 29.9. The molecule has 0 bridgehead atoms. The summed E-state index contributed by atoms with van der Waals surface area (Å²) < 4.78 is 31.5. The Kier molecular flexibility index (Phi) is 5.89. The molecule has 0 fully saturated rings. The summed E-state index contributed by atoms with van der Waals surface area (Å²) in [5.74, 6) is 1.38. The van der Waals surface area contributed by atoms with Gasteiger partial charge in [0, 0.05) is 22.0 Å². The van der Waals surface area contributed by atoms with Crippen LogP contribution in [-0.4, -0.2) is 29.1 Å². The lowest BCUT2D eigenvalue weighted by Gasteiger charge is -2.21. The quantitative estimate of drug-likeness (QED) is 0.176. The van der Waals surface area contributed by atoms with Gasteiger partial charge in [0.25, 0.3) is 11.8 Å². The maximum absolute atomic E-state index is 6.40. The molecule has 2 aliphatic carbocycles. The molecule has 0 radical (unpaired) electrons. The van der Waals surface area contributed by atoms with Gasteiger partial charge in [0.05, 0.1) is 34.2 Å². The molecule has 1 aliphatic heterocycles.